The van der Waals surface area contributed by atoms with Crippen molar-refractivity contribution in [1.82, 2.24) is 9.55 Å². The van der Waals surface area contributed by atoms with Crippen molar-refractivity contribution < 1.29 is 26.0 Å². The molecule has 8 rings (SSSR count). The number of hydrogen-bond donors (Lipinski definition) is 0. The van der Waals surface area contributed by atoms with E-state index in [-0.39, 0.29) is 27.1 Å². The summed E-state index contributed by atoms with van der Waals surface area (Å²) in [4.78, 5) is 11.8. The summed E-state index contributed by atoms with van der Waals surface area (Å²) in [5.41, 5.74) is 8.77. The SMILES string of the molecule is Cc1ccccc1-c1ccnc(-n2c3[c-]c(Sc4[c-]c(N5[OH+]N(C(C)C)c6ccccc65)ccc4)ccc3c3ccccc32)c1.[Pt]. The summed E-state index contributed by atoms with van der Waals surface area (Å²) in [6, 6.07) is 47.8. The monoisotopic (exact) mass is 798 g/mol. The molecular formula is C39H31N4OPtS-. The minimum Gasteiger partial charge on any atom is -0.319 e. The molecule has 0 spiro atoms. The minimum absolute atomic E-state index is 0. The Balaban J connectivity index is 0.00000338. The van der Waals surface area contributed by atoms with Gasteiger partial charge in [0.2, 0.25) is 0 Å². The fourth-order valence-corrected chi connectivity index (χ4v) is 6.93. The topological polar surface area (TPSA) is 37.1 Å². The Kier molecular flexibility index (Phi) is 8.20. The molecule has 0 saturated heterocycles. The van der Waals surface area contributed by atoms with Crippen LogP contribution in [0.2, 0.25) is 0 Å². The van der Waals surface area contributed by atoms with Crippen molar-refractivity contribution in [3.05, 3.63) is 139 Å². The molecule has 0 saturated carbocycles. The standard InChI is InChI=1S/C39H30N4OS.Pt/c1-26(2)42-36-17-8-9-18-37(36)43(44-42)29-12-10-13-30(24-29)45-31-19-20-34-33-15-6-7-16-35(33)41(38(34)25-31)39-23-28(21-22-40-39)32-14-5-4-11-27(32)3;/h4-23,26H,1-3H3;/q-2;/p+1. The van der Waals surface area contributed by atoms with E-state index in [1.54, 1.807) is 11.8 Å². The maximum absolute atomic E-state index is 4.93. The number of rotatable bonds is 6. The Morgan fingerprint density at radius 1 is 0.739 bits per heavy atom. The summed E-state index contributed by atoms with van der Waals surface area (Å²) >= 11 is 1.65. The van der Waals surface area contributed by atoms with Crippen molar-refractivity contribution in [2.75, 3.05) is 10.1 Å². The van der Waals surface area contributed by atoms with Crippen molar-refractivity contribution in [3.8, 4) is 16.9 Å². The Morgan fingerprint density at radius 2 is 1.50 bits per heavy atom. The van der Waals surface area contributed by atoms with Crippen LogP contribution in [-0.2, 0) is 21.1 Å². The summed E-state index contributed by atoms with van der Waals surface area (Å²) in [5.74, 6) is 0.873. The summed E-state index contributed by atoms with van der Waals surface area (Å²) in [6.07, 6.45) is 1.90. The molecule has 7 heteroatoms. The third-order valence-electron chi connectivity index (χ3n) is 8.22. The largest absolute Gasteiger partial charge is 0.319 e. The van der Waals surface area contributed by atoms with E-state index < -0.39 is 0 Å². The van der Waals surface area contributed by atoms with E-state index >= 15 is 0 Å². The van der Waals surface area contributed by atoms with Crippen molar-refractivity contribution in [2.45, 2.75) is 36.6 Å². The summed E-state index contributed by atoms with van der Waals surface area (Å²) in [5, 5.41) is 6.38. The average Bonchev–Trinajstić information content (AvgIpc) is 3.62. The number of anilines is 3. The fourth-order valence-electron chi connectivity index (χ4n) is 6.10. The number of aromatic nitrogens is 2. The van der Waals surface area contributed by atoms with E-state index in [4.69, 9.17) is 9.92 Å². The van der Waals surface area contributed by atoms with E-state index in [1.165, 1.54) is 16.5 Å². The smallest absolute Gasteiger partial charge is 0.145 e. The Bertz CT molecular complexity index is 2210. The van der Waals surface area contributed by atoms with Gasteiger partial charge in [-0.2, -0.15) is 29.2 Å². The predicted molar refractivity (Wildman–Crippen MR) is 185 cm³/mol. The van der Waals surface area contributed by atoms with Crippen LogP contribution in [0.4, 0.5) is 17.1 Å². The molecule has 46 heavy (non-hydrogen) atoms. The number of hydroxylamine groups is 1. The third kappa shape index (κ3) is 5.31. The zero-order chi connectivity index (χ0) is 30.5. The first-order valence-electron chi connectivity index (χ1n) is 15.1. The molecule has 230 valence electrons. The van der Waals surface area contributed by atoms with Gasteiger partial charge in [-0.15, -0.1) is 55.3 Å². The maximum atomic E-state index is 4.93. The molecule has 0 fully saturated rings. The van der Waals surface area contributed by atoms with Gasteiger partial charge in [-0.05, 0) is 73.2 Å². The van der Waals surface area contributed by atoms with Crippen molar-refractivity contribution >= 4 is 50.6 Å². The van der Waals surface area contributed by atoms with Crippen molar-refractivity contribution in [3.63, 3.8) is 0 Å². The molecule has 7 aromatic rings. The molecule has 0 aliphatic carbocycles. The molecule has 0 bridgehead atoms. The van der Waals surface area contributed by atoms with Gasteiger partial charge >= 0.3 is 0 Å². The zero-order valence-electron chi connectivity index (χ0n) is 25.6. The van der Waals surface area contributed by atoms with Gasteiger partial charge in [-0.3, -0.25) is 0 Å². The zero-order valence-corrected chi connectivity index (χ0v) is 28.7. The molecule has 1 aliphatic rings. The number of fused-ring (bicyclic) bond motifs is 4. The van der Waals surface area contributed by atoms with E-state index in [9.17, 15) is 0 Å². The van der Waals surface area contributed by atoms with Crippen LogP contribution in [0.3, 0.4) is 0 Å². The first-order chi connectivity index (χ1) is 22.0. The van der Waals surface area contributed by atoms with Crippen LogP contribution in [0, 0.1) is 19.1 Å². The first kappa shape index (κ1) is 30.3. The molecule has 3 heterocycles. The van der Waals surface area contributed by atoms with Crippen LogP contribution in [0.5, 0.6) is 0 Å². The third-order valence-corrected chi connectivity index (χ3v) is 9.14. The molecule has 2 aromatic heterocycles. The van der Waals surface area contributed by atoms with Crippen LogP contribution >= 0.6 is 11.8 Å². The van der Waals surface area contributed by atoms with Gasteiger partial charge in [0.05, 0.1) is 6.04 Å². The minimum atomic E-state index is 0. The van der Waals surface area contributed by atoms with E-state index in [1.807, 2.05) is 11.3 Å². The second kappa shape index (κ2) is 12.4. The average molecular weight is 799 g/mol. The maximum Gasteiger partial charge on any atom is 0.145 e. The quantitative estimate of drug-likeness (QED) is 0.124. The molecule has 5 aromatic carbocycles. The second-order valence-corrected chi connectivity index (χ2v) is 12.6. The van der Waals surface area contributed by atoms with Gasteiger partial charge in [0.15, 0.2) is 0 Å². The van der Waals surface area contributed by atoms with E-state index in [0.717, 1.165) is 54.7 Å². The number of hydrogen-bond acceptors (Lipinski definition) is 4. The van der Waals surface area contributed by atoms with Crippen LogP contribution in [0.15, 0.2) is 131 Å². The van der Waals surface area contributed by atoms with Gasteiger partial charge in [0.25, 0.3) is 0 Å². The number of pyridine rings is 1. The van der Waals surface area contributed by atoms with Gasteiger partial charge in [0, 0.05) is 38.5 Å². The van der Waals surface area contributed by atoms with Gasteiger partial charge < -0.3 is 4.57 Å². The van der Waals surface area contributed by atoms with Gasteiger partial charge in [-0.25, -0.2) is 4.98 Å². The summed E-state index contributed by atoms with van der Waals surface area (Å²) in [6.45, 7) is 6.45. The normalized spacial score (nSPS) is 12.6. The molecule has 0 atom stereocenters. The van der Waals surface area contributed by atoms with Crippen molar-refractivity contribution in [1.29, 1.82) is 0 Å². The molecule has 5 nitrogen and oxygen atoms in total. The van der Waals surface area contributed by atoms with Crippen LogP contribution < -0.4 is 10.1 Å². The number of aryl methyl sites for hydroxylation is 1. The molecular weight excluding hydrogens is 768 g/mol. The second-order valence-electron chi connectivity index (χ2n) is 11.5. The molecule has 1 aliphatic heterocycles. The van der Waals surface area contributed by atoms with E-state index in [0.29, 0.717) is 0 Å². The number of nitrogens with zero attached hydrogens (tertiary/aromatic N) is 4. The molecule has 0 amide bonds. The molecule has 1 N–H and O–H groups in total. The number of para-hydroxylation sites is 3. The fraction of sp³-hybridized carbons (Fsp3) is 0.103. The first-order valence-corrected chi connectivity index (χ1v) is 15.9. The molecule has 0 radical (unpaired) electrons. The van der Waals surface area contributed by atoms with Crippen molar-refractivity contribution in [2.24, 2.45) is 0 Å². The number of benzene rings is 5. The van der Waals surface area contributed by atoms with Crippen LogP contribution in [0.25, 0.3) is 38.8 Å². The van der Waals surface area contributed by atoms with Crippen LogP contribution in [0.1, 0.15) is 19.4 Å². The summed E-state index contributed by atoms with van der Waals surface area (Å²) < 4.78 is 2.23. The Labute approximate surface area is 287 Å². The Morgan fingerprint density at radius 3 is 2.35 bits per heavy atom. The van der Waals surface area contributed by atoms with Crippen LogP contribution in [-0.4, -0.2) is 20.5 Å². The predicted octanol–water partition coefficient (Wildman–Crippen LogP) is 10.1. The summed E-state index contributed by atoms with van der Waals surface area (Å²) in [7, 11) is 0. The van der Waals surface area contributed by atoms with Gasteiger partial charge in [0.1, 0.15) is 17.2 Å². The van der Waals surface area contributed by atoms with Gasteiger partial charge in [-0.1, -0.05) is 60.1 Å². The Hall–Kier alpha value is -4.35. The molecule has 0 unspecified atom stereocenters. The van der Waals surface area contributed by atoms with E-state index in [2.05, 4.69) is 158 Å².